The van der Waals surface area contributed by atoms with Crippen LogP contribution in [-0.4, -0.2) is 70.3 Å². The van der Waals surface area contributed by atoms with Crippen molar-refractivity contribution in [3.05, 3.63) is 41.9 Å². The molecular weight excluding hydrogens is 398 g/mol. The van der Waals surface area contributed by atoms with Gasteiger partial charge in [0.15, 0.2) is 11.5 Å². The van der Waals surface area contributed by atoms with Crippen molar-refractivity contribution in [1.82, 2.24) is 24.5 Å². The summed E-state index contributed by atoms with van der Waals surface area (Å²) in [7, 11) is 1.34. The molecule has 0 N–H and O–H groups in total. The summed E-state index contributed by atoms with van der Waals surface area (Å²) < 4.78 is 36.2. The highest BCUT2D eigenvalue weighted by atomic mass is 19.3. The van der Waals surface area contributed by atoms with E-state index in [-0.39, 0.29) is 17.4 Å². The molecule has 3 heterocycles. The van der Waals surface area contributed by atoms with Gasteiger partial charge in [0.25, 0.3) is 11.7 Å². The molecule has 1 saturated heterocycles. The van der Waals surface area contributed by atoms with Crippen molar-refractivity contribution in [1.29, 1.82) is 0 Å². The molecule has 0 spiro atoms. The molecule has 1 amide bonds. The number of hydrogen-bond donors (Lipinski definition) is 0. The number of carbonyl (C=O) groups excluding carboxylic acids is 1. The standard InChI is InChI=1S/C19H20F2N6O3/c1-12-9-16(27-19(24-12)22-11-23-27)25-5-7-26(8-6-25)17(28)13-3-4-14(30-18(20)21)15(10-13)29-2/h3-4,9-11,18H,5-8H2,1-2H3. The van der Waals surface area contributed by atoms with Crippen LogP contribution in [0.5, 0.6) is 11.5 Å². The van der Waals surface area contributed by atoms with Gasteiger partial charge in [-0.1, -0.05) is 0 Å². The number of benzene rings is 1. The Labute approximate surface area is 170 Å². The van der Waals surface area contributed by atoms with Crippen LogP contribution in [-0.2, 0) is 0 Å². The predicted octanol–water partition coefficient (Wildman–Crippen LogP) is 2.01. The summed E-state index contributed by atoms with van der Waals surface area (Å²) >= 11 is 0. The van der Waals surface area contributed by atoms with Crippen LogP contribution in [0, 0.1) is 6.92 Å². The van der Waals surface area contributed by atoms with Crippen molar-refractivity contribution in [2.75, 3.05) is 38.2 Å². The molecule has 30 heavy (non-hydrogen) atoms. The summed E-state index contributed by atoms with van der Waals surface area (Å²) in [6.45, 7) is 1.12. The van der Waals surface area contributed by atoms with Gasteiger partial charge in [-0.15, -0.1) is 0 Å². The molecule has 0 atom stereocenters. The maximum Gasteiger partial charge on any atom is 0.387 e. The Kier molecular flexibility index (Phi) is 5.34. The monoisotopic (exact) mass is 418 g/mol. The lowest BCUT2D eigenvalue weighted by Gasteiger charge is -2.36. The smallest absolute Gasteiger partial charge is 0.387 e. The molecule has 4 rings (SSSR count). The first-order valence-corrected chi connectivity index (χ1v) is 9.30. The first-order valence-electron chi connectivity index (χ1n) is 9.30. The van der Waals surface area contributed by atoms with Gasteiger partial charge in [-0.05, 0) is 25.1 Å². The van der Waals surface area contributed by atoms with Crippen LogP contribution in [0.4, 0.5) is 14.6 Å². The van der Waals surface area contributed by atoms with Crippen LogP contribution in [0.25, 0.3) is 5.78 Å². The molecular formula is C19H20F2N6O3. The Hall–Kier alpha value is -3.50. The molecule has 1 fully saturated rings. The van der Waals surface area contributed by atoms with E-state index in [1.807, 2.05) is 13.0 Å². The van der Waals surface area contributed by atoms with E-state index in [1.165, 1.54) is 31.6 Å². The fraction of sp³-hybridized carbons (Fsp3) is 0.368. The lowest BCUT2D eigenvalue weighted by atomic mass is 10.1. The first-order chi connectivity index (χ1) is 14.5. The van der Waals surface area contributed by atoms with Crippen LogP contribution >= 0.6 is 0 Å². The highest BCUT2D eigenvalue weighted by Gasteiger charge is 2.25. The van der Waals surface area contributed by atoms with Gasteiger partial charge in [-0.3, -0.25) is 4.79 Å². The molecule has 1 aliphatic heterocycles. The van der Waals surface area contributed by atoms with Crippen molar-refractivity contribution in [2.45, 2.75) is 13.5 Å². The van der Waals surface area contributed by atoms with Crippen LogP contribution in [0.15, 0.2) is 30.6 Å². The van der Waals surface area contributed by atoms with E-state index in [4.69, 9.17) is 4.74 Å². The minimum atomic E-state index is -2.97. The van der Waals surface area contributed by atoms with Gasteiger partial charge in [0, 0.05) is 43.5 Å². The molecule has 158 valence electrons. The fourth-order valence-corrected chi connectivity index (χ4v) is 3.45. The molecule has 0 radical (unpaired) electrons. The molecule has 1 aromatic carbocycles. The fourth-order valence-electron chi connectivity index (χ4n) is 3.45. The summed E-state index contributed by atoms with van der Waals surface area (Å²) in [4.78, 5) is 25.2. The number of alkyl halides is 2. The van der Waals surface area contributed by atoms with Gasteiger partial charge in [0.2, 0.25) is 0 Å². The third-order valence-electron chi connectivity index (χ3n) is 4.88. The van der Waals surface area contributed by atoms with E-state index in [9.17, 15) is 13.6 Å². The number of halogens is 2. The Bertz CT molecular complexity index is 1070. The van der Waals surface area contributed by atoms with Crippen LogP contribution < -0.4 is 14.4 Å². The van der Waals surface area contributed by atoms with Crippen LogP contribution in [0.3, 0.4) is 0 Å². The van der Waals surface area contributed by atoms with E-state index in [0.29, 0.717) is 37.5 Å². The number of nitrogens with zero attached hydrogens (tertiary/aromatic N) is 6. The summed E-state index contributed by atoms with van der Waals surface area (Å²) in [5.41, 5.74) is 1.18. The van der Waals surface area contributed by atoms with Crippen molar-refractivity contribution < 1.29 is 23.0 Å². The second-order valence-corrected chi connectivity index (χ2v) is 6.75. The average Bonchev–Trinajstić information content (AvgIpc) is 3.21. The number of rotatable bonds is 5. The number of piperazine rings is 1. The van der Waals surface area contributed by atoms with E-state index in [0.717, 1.165) is 11.5 Å². The highest BCUT2D eigenvalue weighted by Crippen LogP contribution is 2.30. The first kappa shape index (κ1) is 19.8. The van der Waals surface area contributed by atoms with Gasteiger partial charge < -0.3 is 19.3 Å². The molecule has 11 heteroatoms. The summed E-state index contributed by atoms with van der Waals surface area (Å²) in [6.07, 6.45) is 1.46. The third-order valence-corrected chi connectivity index (χ3v) is 4.88. The Morgan fingerprint density at radius 2 is 1.90 bits per heavy atom. The van der Waals surface area contributed by atoms with E-state index in [1.54, 1.807) is 9.42 Å². The van der Waals surface area contributed by atoms with Gasteiger partial charge >= 0.3 is 6.61 Å². The molecule has 3 aromatic rings. The number of aryl methyl sites for hydroxylation is 1. The summed E-state index contributed by atoms with van der Waals surface area (Å²) in [5.74, 6) is 1.17. The quantitative estimate of drug-likeness (QED) is 0.627. The van der Waals surface area contributed by atoms with Crippen molar-refractivity contribution in [2.24, 2.45) is 0 Å². The Balaban J connectivity index is 1.47. The van der Waals surface area contributed by atoms with Crippen molar-refractivity contribution in [3.63, 3.8) is 0 Å². The second-order valence-electron chi connectivity index (χ2n) is 6.75. The maximum absolute atomic E-state index is 12.9. The lowest BCUT2D eigenvalue weighted by molar-refractivity contribution is -0.0512. The zero-order valence-electron chi connectivity index (χ0n) is 16.5. The third kappa shape index (κ3) is 3.82. The molecule has 2 aromatic heterocycles. The van der Waals surface area contributed by atoms with Gasteiger partial charge in [-0.2, -0.15) is 23.4 Å². The minimum Gasteiger partial charge on any atom is -0.493 e. The molecule has 9 nitrogen and oxygen atoms in total. The number of hydrogen-bond acceptors (Lipinski definition) is 7. The van der Waals surface area contributed by atoms with Crippen LogP contribution in [0.2, 0.25) is 0 Å². The van der Waals surface area contributed by atoms with E-state index < -0.39 is 6.61 Å². The number of fused-ring (bicyclic) bond motifs is 1. The average molecular weight is 418 g/mol. The number of anilines is 1. The summed E-state index contributed by atoms with van der Waals surface area (Å²) in [5, 5.41) is 4.23. The zero-order valence-corrected chi connectivity index (χ0v) is 16.5. The Morgan fingerprint density at radius 3 is 2.60 bits per heavy atom. The normalized spacial score (nSPS) is 14.4. The van der Waals surface area contributed by atoms with Crippen molar-refractivity contribution >= 4 is 17.5 Å². The predicted molar refractivity (Wildman–Crippen MR) is 103 cm³/mol. The molecule has 0 aliphatic carbocycles. The number of methoxy groups -OCH3 is 1. The minimum absolute atomic E-state index is 0.0839. The molecule has 0 bridgehead atoms. The number of carbonyl (C=O) groups is 1. The second kappa shape index (κ2) is 8.09. The van der Waals surface area contributed by atoms with Crippen LogP contribution in [0.1, 0.15) is 16.1 Å². The zero-order chi connectivity index (χ0) is 21.3. The Morgan fingerprint density at radius 1 is 1.13 bits per heavy atom. The maximum atomic E-state index is 12.9. The molecule has 0 unspecified atom stereocenters. The SMILES string of the molecule is COc1cc(C(=O)N2CCN(c3cc(C)nc4ncnn34)CC2)ccc1OC(F)F. The molecule has 0 saturated carbocycles. The number of amides is 1. The van der Waals surface area contributed by atoms with E-state index >= 15 is 0 Å². The summed E-state index contributed by atoms with van der Waals surface area (Å²) in [6, 6.07) is 6.12. The van der Waals surface area contributed by atoms with E-state index in [2.05, 4.69) is 24.7 Å². The van der Waals surface area contributed by atoms with Gasteiger partial charge in [0.05, 0.1) is 7.11 Å². The van der Waals surface area contributed by atoms with Gasteiger partial charge in [-0.25, -0.2) is 4.98 Å². The lowest BCUT2D eigenvalue weighted by Crippen LogP contribution is -2.49. The molecule has 1 aliphatic rings. The largest absolute Gasteiger partial charge is 0.493 e. The topological polar surface area (TPSA) is 85.1 Å². The number of aromatic nitrogens is 4. The number of ether oxygens (including phenoxy) is 2. The highest BCUT2D eigenvalue weighted by molar-refractivity contribution is 5.95. The van der Waals surface area contributed by atoms with Crippen molar-refractivity contribution in [3.8, 4) is 11.5 Å². The van der Waals surface area contributed by atoms with Gasteiger partial charge in [0.1, 0.15) is 12.1 Å².